The number of aromatic nitrogens is 11. The van der Waals surface area contributed by atoms with E-state index in [0.29, 0.717) is 73.8 Å². The van der Waals surface area contributed by atoms with Crippen molar-refractivity contribution in [3.8, 4) is 52.8 Å². The zero-order valence-electron chi connectivity index (χ0n) is 59.9. The van der Waals surface area contributed by atoms with E-state index in [9.17, 15) is 14.4 Å². The predicted octanol–water partition coefficient (Wildman–Crippen LogP) is 15.6. The molecule has 3 aliphatic rings. The van der Waals surface area contributed by atoms with E-state index in [1.807, 2.05) is 144 Å². The SMILES string of the molecule is CC#CCOC(=O)N1CCc2c([nH]c3ccc(Cl)cc23)C1c1ccc(OCCCn2ccnc2)cc1.CC#CCOC(=O)N1CCc2c([nH]c3ccc(Cl)cc23)C1c1ccc(OCCCn2ccnn2)cc1.CC#CCOC(=O)N1CCc2c([nH]c3ccc(Cl)cc23)C1c1ccc(OCCCn2cncn2)cc1. The predicted molar refractivity (Wildman–Crippen MR) is 413 cm³/mol. The van der Waals surface area contributed by atoms with Crippen LogP contribution in [-0.4, -0.2) is 147 Å². The molecule has 23 nitrogen and oxygen atoms in total. The highest BCUT2D eigenvalue weighted by Crippen LogP contribution is 2.44. The molecule has 3 amide bonds. The molecule has 0 saturated carbocycles. The number of H-pyrrole nitrogens is 3. The lowest BCUT2D eigenvalue weighted by molar-refractivity contribution is 0.0986. The number of rotatable bonds is 21. The fraction of sp³-hybridized carbons (Fsp3) is 0.293. The molecule has 0 aliphatic carbocycles. The summed E-state index contributed by atoms with van der Waals surface area (Å²) in [6.45, 7) is 11.0. The molecule has 0 radical (unpaired) electrons. The first-order valence-electron chi connectivity index (χ1n) is 35.6. The Morgan fingerprint density at radius 3 is 1.19 bits per heavy atom. The Morgan fingerprint density at radius 2 is 0.852 bits per heavy atom. The lowest BCUT2D eigenvalue weighted by atomic mass is 9.92. The summed E-state index contributed by atoms with van der Waals surface area (Å²) in [5, 5.41) is 17.2. The van der Waals surface area contributed by atoms with Crippen LogP contribution in [0.2, 0.25) is 15.1 Å². The number of fused-ring (bicyclic) bond motifs is 9. The Morgan fingerprint density at radius 1 is 0.463 bits per heavy atom. The van der Waals surface area contributed by atoms with Crippen LogP contribution in [0.25, 0.3) is 32.7 Å². The van der Waals surface area contributed by atoms with Gasteiger partial charge in [0.25, 0.3) is 0 Å². The number of imidazole rings is 1. The number of aromatic amines is 3. The van der Waals surface area contributed by atoms with Gasteiger partial charge in [-0.1, -0.05) is 94.2 Å². The van der Waals surface area contributed by atoms with E-state index in [1.54, 1.807) is 69.9 Å². The Kier molecular flexibility index (Phi) is 24.8. The molecule has 108 heavy (non-hydrogen) atoms. The molecule has 26 heteroatoms. The number of carbonyl (C=O) groups excluding carboxylic acids is 3. The van der Waals surface area contributed by atoms with E-state index in [2.05, 4.69) is 75.9 Å². The number of hydrogen-bond donors (Lipinski definition) is 3. The minimum absolute atomic E-state index is 0.0646. The number of benzene rings is 6. The minimum Gasteiger partial charge on any atom is -0.494 e. The highest BCUT2D eigenvalue weighted by Gasteiger charge is 2.39. The molecule has 9 heterocycles. The van der Waals surface area contributed by atoms with Gasteiger partial charge in [0, 0.05) is 136 Å². The van der Waals surface area contributed by atoms with Crippen LogP contribution in [0.3, 0.4) is 0 Å². The third-order valence-corrected chi connectivity index (χ3v) is 19.5. The van der Waals surface area contributed by atoms with Gasteiger partial charge in [-0.15, -0.1) is 22.9 Å². The maximum Gasteiger partial charge on any atom is 0.411 e. The molecule has 15 rings (SSSR count). The van der Waals surface area contributed by atoms with Crippen LogP contribution >= 0.6 is 34.8 Å². The summed E-state index contributed by atoms with van der Waals surface area (Å²) in [5.41, 5.74) is 12.3. The Bertz CT molecular complexity index is 4720. The fourth-order valence-electron chi connectivity index (χ4n) is 13.8. The fourth-order valence-corrected chi connectivity index (χ4v) is 14.3. The van der Waals surface area contributed by atoms with Crippen LogP contribution in [-0.2, 0) is 53.1 Å². The van der Waals surface area contributed by atoms with Gasteiger partial charge in [0.2, 0.25) is 0 Å². The van der Waals surface area contributed by atoms with E-state index in [0.717, 1.165) is 123 Å². The van der Waals surface area contributed by atoms with Crippen LogP contribution in [0.5, 0.6) is 17.2 Å². The van der Waals surface area contributed by atoms with Crippen molar-refractivity contribution in [2.45, 2.75) is 97.1 Å². The second kappa shape index (κ2) is 36.0. The number of nitrogens with one attached hydrogen (secondary N) is 3. The lowest BCUT2D eigenvalue weighted by Crippen LogP contribution is -2.41. The summed E-state index contributed by atoms with van der Waals surface area (Å²) in [4.78, 5) is 63.0. The van der Waals surface area contributed by atoms with Gasteiger partial charge in [-0.05, 0) is 171 Å². The molecule has 3 atom stereocenters. The van der Waals surface area contributed by atoms with Gasteiger partial charge in [0.15, 0.2) is 19.8 Å². The molecule has 552 valence electrons. The Hall–Kier alpha value is -11.8. The highest BCUT2D eigenvalue weighted by molar-refractivity contribution is 6.32. The second-order valence-electron chi connectivity index (χ2n) is 25.5. The molecule has 0 bridgehead atoms. The van der Waals surface area contributed by atoms with Crippen LogP contribution in [0.4, 0.5) is 14.4 Å². The zero-order valence-corrected chi connectivity index (χ0v) is 62.1. The average molecular weight is 1510 g/mol. The summed E-state index contributed by atoms with van der Waals surface area (Å²) >= 11 is 18.9. The standard InChI is InChI=1S/C28H27ClN4O3.2C27H26ClN5O3/c1-2-3-16-36-28(34)33-14-11-23-24-18-21(29)7-10-25(24)31-26(23)27(33)20-5-8-22(9-6-20)35-17-4-13-32-15-12-30-19-32;1-2-3-16-36-27(34)33-14-11-22-23-18-20(28)7-10-24(23)30-25(22)26(33)19-5-8-21(9-6-19)35-17-4-13-32-15-12-29-31-32;1-2-3-14-36-27(34)33-13-11-22-23-16-20(28)7-10-24(23)31-25(22)26(33)19-5-8-21(9-6-19)35-15-4-12-32-18-29-17-30-32/h5-10,12,15,18-19,27,31H,4,11,13-14,16-17H2,1H3;5-10,12,15,18,26,30H,4,11,13-14,16-17H2,1H3;5-10,16-18,26,31H,4,11-15H2,1H3. The van der Waals surface area contributed by atoms with Crippen LogP contribution < -0.4 is 14.2 Å². The smallest absolute Gasteiger partial charge is 0.411 e. The maximum atomic E-state index is 13.0. The van der Waals surface area contributed by atoms with Crippen molar-refractivity contribution in [3.63, 3.8) is 0 Å². The summed E-state index contributed by atoms with van der Waals surface area (Å²) < 4.78 is 39.7. The molecule has 3 N–H and O–H groups in total. The number of amides is 3. The normalized spacial score (nSPS) is 14.7. The quantitative estimate of drug-likeness (QED) is 0.0344. The van der Waals surface area contributed by atoms with Crippen LogP contribution in [0, 0.1) is 35.5 Å². The molecule has 12 aromatic rings. The van der Waals surface area contributed by atoms with Crippen molar-refractivity contribution in [2.75, 3.05) is 59.3 Å². The minimum atomic E-state index is -0.390. The lowest BCUT2D eigenvalue weighted by Gasteiger charge is -2.35. The maximum absolute atomic E-state index is 13.0. The largest absolute Gasteiger partial charge is 0.494 e. The van der Waals surface area contributed by atoms with Crippen LogP contribution in [0.1, 0.15) is 109 Å². The topological polar surface area (TPSA) is 243 Å². The highest BCUT2D eigenvalue weighted by atomic mass is 35.5. The third kappa shape index (κ3) is 18.0. The van der Waals surface area contributed by atoms with Crippen molar-refractivity contribution in [1.82, 2.24) is 69.0 Å². The number of nitrogens with zero attached hydrogens (tertiary/aromatic N) is 11. The molecule has 6 aromatic heterocycles. The van der Waals surface area contributed by atoms with Crippen molar-refractivity contribution >= 4 is 85.8 Å². The van der Waals surface area contributed by atoms with Crippen molar-refractivity contribution in [1.29, 1.82) is 0 Å². The Balaban J connectivity index is 0.000000143. The molecular weight excluding hydrogens is 1430 g/mol. The molecule has 0 saturated heterocycles. The second-order valence-corrected chi connectivity index (χ2v) is 26.9. The summed E-state index contributed by atoms with van der Waals surface area (Å²) in [7, 11) is 0. The van der Waals surface area contributed by atoms with Crippen molar-refractivity contribution in [3.05, 3.63) is 237 Å². The summed E-state index contributed by atoms with van der Waals surface area (Å²) in [6, 6.07) is 40.1. The number of hydrogen-bond acceptors (Lipinski definition) is 14. The summed E-state index contributed by atoms with van der Waals surface area (Å²) in [6.07, 6.45) is 15.7. The van der Waals surface area contributed by atoms with E-state index >= 15 is 0 Å². The summed E-state index contributed by atoms with van der Waals surface area (Å²) in [5.74, 6) is 19.0. The number of aryl methyl sites for hydroxylation is 3. The van der Waals surface area contributed by atoms with Gasteiger partial charge in [0.1, 0.15) is 48.0 Å². The first-order valence-corrected chi connectivity index (χ1v) is 36.7. The van der Waals surface area contributed by atoms with Crippen molar-refractivity contribution in [2.24, 2.45) is 0 Å². The van der Waals surface area contributed by atoms with Crippen LogP contribution in [0.15, 0.2) is 171 Å². The third-order valence-electron chi connectivity index (χ3n) is 18.8. The van der Waals surface area contributed by atoms with Gasteiger partial charge in [-0.25, -0.2) is 24.4 Å². The van der Waals surface area contributed by atoms with E-state index in [-0.39, 0.29) is 44.0 Å². The average Bonchev–Trinajstić information content (AvgIpc) is 1.60. The van der Waals surface area contributed by atoms with Gasteiger partial charge in [0.05, 0.1) is 32.3 Å². The monoisotopic (exact) mass is 1510 g/mol. The zero-order chi connectivity index (χ0) is 74.7. The molecule has 6 aromatic carbocycles. The molecule has 0 spiro atoms. The number of ether oxygens (including phenoxy) is 6. The number of carbonyl (C=O) groups is 3. The van der Waals surface area contributed by atoms with E-state index in [1.165, 1.54) is 23.0 Å². The van der Waals surface area contributed by atoms with Gasteiger partial charge < -0.3 is 47.9 Å². The van der Waals surface area contributed by atoms with Crippen molar-refractivity contribution < 1.29 is 42.8 Å². The molecule has 3 aliphatic heterocycles. The van der Waals surface area contributed by atoms with Gasteiger partial charge in [-0.2, -0.15) is 5.10 Å². The number of halogens is 3. The first-order chi connectivity index (χ1) is 52.9. The molecule has 3 unspecified atom stereocenters. The molecule has 0 fully saturated rings. The van der Waals surface area contributed by atoms with E-state index < -0.39 is 12.2 Å². The van der Waals surface area contributed by atoms with E-state index in [4.69, 9.17) is 63.2 Å². The molecular formula is C82H79Cl3N14O9. The first kappa shape index (κ1) is 74.5. The van der Waals surface area contributed by atoms with Gasteiger partial charge >= 0.3 is 18.3 Å². The van der Waals surface area contributed by atoms with Gasteiger partial charge in [-0.3, -0.25) is 24.1 Å². The Labute approximate surface area is 639 Å².